The fraction of sp³-hybridized carbons (Fsp3) is 0.143. The molecule has 1 heterocycles. The van der Waals surface area contributed by atoms with Crippen LogP contribution in [-0.4, -0.2) is 10.9 Å². The number of ketones is 1. The molecule has 0 unspecified atom stereocenters. The van der Waals surface area contributed by atoms with E-state index < -0.39 is 5.63 Å². The maximum atomic E-state index is 11.5. The zero-order valence-corrected chi connectivity index (χ0v) is 9.90. The monoisotopic (exact) mass is 244 g/mol. The summed E-state index contributed by atoms with van der Waals surface area (Å²) in [4.78, 5) is 23.0. The molecular formula is C14H12O4. The zero-order chi connectivity index (χ0) is 13.3. The second-order valence-corrected chi connectivity index (χ2v) is 3.98. The standard InChI is InChI=1S/C14H12O4/c1-3-4-9-7-12(17)18-14-10(9)5-6-11(16)13(14)8(2)15/h3,5-7,16H,1,4H2,2H3. The number of phenolic OH excluding ortho intramolecular Hbond substituents is 1. The summed E-state index contributed by atoms with van der Waals surface area (Å²) in [5.41, 5.74) is 0.341. The summed E-state index contributed by atoms with van der Waals surface area (Å²) in [6, 6.07) is 4.41. The van der Waals surface area contributed by atoms with E-state index >= 15 is 0 Å². The van der Waals surface area contributed by atoms with Crippen molar-refractivity contribution in [3.8, 4) is 5.75 Å². The maximum Gasteiger partial charge on any atom is 0.336 e. The van der Waals surface area contributed by atoms with Crippen LogP contribution in [0, 0.1) is 0 Å². The predicted octanol–water partition coefficient (Wildman–Crippen LogP) is 2.43. The molecule has 92 valence electrons. The molecule has 1 N–H and O–H groups in total. The third-order valence-electron chi connectivity index (χ3n) is 2.69. The van der Waals surface area contributed by atoms with Crippen molar-refractivity contribution >= 4 is 16.8 Å². The SMILES string of the molecule is C=CCc1cc(=O)oc2c(C(C)=O)c(O)ccc12. The molecule has 0 saturated heterocycles. The van der Waals surface area contributed by atoms with Crippen LogP contribution in [0.4, 0.5) is 0 Å². The molecule has 4 nitrogen and oxygen atoms in total. The van der Waals surface area contributed by atoms with Crippen LogP contribution in [0.3, 0.4) is 0 Å². The number of fused-ring (bicyclic) bond motifs is 1. The molecule has 0 saturated carbocycles. The fourth-order valence-electron chi connectivity index (χ4n) is 1.95. The predicted molar refractivity (Wildman–Crippen MR) is 68.1 cm³/mol. The molecule has 0 aliphatic rings. The lowest BCUT2D eigenvalue weighted by Crippen LogP contribution is -2.04. The molecule has 0 radical (unpaired) electrons. The molecule has 4 heteroatoms. The van der Waals surface area contributed by atoms with Crippen LogP contribution in [0.2, 0.25) is 0 Å². The average molecular weight is 244 g/mol. The van der Waals surface area contributed by atoms with Crippen molar-refractivity contribution in [3.63, 3.8) is 0 Å². The Balaban J connectivity index is 2.93. The third-order valence-corrected chi connectivity index (χ3v) is 2.69. The second kappa shape index (κ2) is 4.49. The van der Waals surface area contributed by atoms with Crippen LogP contribution in [0.25, 0.3) is 11.0 Å². The number of carbonyl (C=O) groups excluding carboxylic acids is 1. The van der Waals surface area contributed by atoms with Crippen molar-refractivity contribution in [3.05, 3.63) is 52.4 Å². The molecule has 1 aromatic carbocycles. The highest BCUT2D eigenvalue weighted by Crippen LogP contribution is 2.28. The van der Waals surface area contributed by atoms with Gasteiger partial charge >= 0.3 is 5.63 Å². The number of phenols is 1. The first-order chi connectivity index (χ1) is 8.54. The minimum absolute atomic E-state index is 0.0375. The van der Waals surface area contributed by atoms with Crippen LogP contribution >= 0.6 is 0 Å². The second-order valence-electron chi connectivity index (χ2n) is 3.98. The van der Waals surface area contributed by atoms with Crippen molar-refractivity contribution < 1.29 is 14.3 Å². The average Bonchev–Trinajstić information content (AvgIpc) is 2.27. The minimum Gasteiger partial charge on any atom is -0.507 e. The largest absolute Gasteiger partial charge is 0.507 e. The van der Waals surface area contributed by atoms with Crippen molar-refractivity contribution in [2.45, 2.75) is 13.3 Å². The third kappa shape index (κ3) is 1.93. The molecule has 0 atom stereocenters. The summed E-state index contributed by atoms with van der Waals surface area (Å²) in [6.07, 6.45) is 2.15. The minimum atomic E-state index is -0.549. The Bertz CT molecular complexity index is 695. The van der Waals surface area contributed by atoms with Gasteiger partial charge in [-0.2, -0.15) is 0 Å². The van der Waals surface area contributed by atoms with Gasteiger partial charge in [0.05, 0.1) is 0 Å². The van der Waals surface area contributed by atoms with Gasteiger partial charge in [0, 0.05) is 11.5 Å². The molecule has 1 aromatic heterocycles. The van der Waals surface area contributed by atoms with Crippen molar-refractivity contribution in [2.75, 3.05) is 0 Å². The van der Waals surface area contributed by atoms with Gasteiger partial charge in [-0.25, -0.2) is 4.79 Å². The number of hydrogen-bond donors (Lipinski definition) is 1. The summed E-state index contributed by atoms with van der Waals surface area (Å²) in [5.74, 6) is -0.536. The maximum absolute atomic E-state index is 11.5. The van der Waals surface area contributed by atoms with E-state index in [4.69, 9.17) is 4.42 Å². The molecule has 2 aromatic rings. The van der Waals surface area contributed by atoms with Crippen LogP contribution in [0.1, 0.15) is 22.8 Å². The highest BCUT2D eigenvalue weighted by atomic mass is 16.4. The van der Waals surface area contributed by atoms with E-state index in [1.54, 1.807) is 12.1 Å². The number of rotatable bonds is 3. The van der Waals surface area contributed by atoms with Gasteiger partial charge in [0.15, 0.2) is 11.4 Å². The summed E-state index contributed by atoms with van der Waals surface area (Å²) in [7, 11) is 0. The fourth-order valence-corrected chi connectivity index (χ4v) is 1.95. The smallest absolute Gasteiger partial charge is 0.336 e. The Kier molecular flexibility index (Phi) is 3.02. The number of benzene rings is 1. The van der Waals surface area contributed by atoms with Crippen LogP contribution in [0.15, 0.2) is 40.1 Å². The Hall–Kier alpha value is -2.36. The van der Waals surface area contributed by atoms with Gasteiger partial charge in [-0.05, 0) is 31.0 Å². The van der Waals surface area contributed by atoms with Gasteiger partial charge in [0.25, 0.3) is 0 Å². The lowest BCUT2D eigenvalue weighted by atomic mass is 10.0. The number of aromatic hydroxyl groups is 1. The summed E-state index contributed by atoms with van der Waals surface area (Å²) >= 11 is 0. The highest BCUT2D eigenvalue weighted by Gasteiger charge is 2.16. The lowest BCUT2D eigenvalue weighted by Gasteiger charge is -2.07. The molecule has 0 aliphatic heterocycles. The van der Waals surface area contributed by atoms with Gasteiger partial charge in [-0.15, -0.1) is 6.58 Å². The molecule has 18 heavy (non-hydrogen) atoms. The molecule has 0 spiro atoms. The van der Waals surface area contributed by atoms with Crippen molar-refractivity contribution in [1.82, 2.24) is 0 Å². The van der Waals surface area contributed by atoms with Gasteiger partial charge < -0.3 is 9.52 Å². The normalized spacial score (nSPS) is 10.5. The molecular weight excluding hydrogens is 232 g/mol. The van der Waals surface area contributed by atoms with Crippen LogP contribution < -0.4 is 5.63 Å². The van der Waals surface area contributed by atoms with Crippen LogP contribution in [-0.2, 0) is 6.42 Å². The zero-order valence-electron chi connectivity index (χ0n) is 9.90. The molecule has 0 aliphatic carbocycles. The Morgan fingerprint density at radius 3 is 2.83 bits per heavy atom. The highest BCUT2D eigenvalue weighted by molar-refractivity contribution is 6.07. The Morgan fingerprint density at radius 2 is 2.22 bits per heavy atom. The summed E-state index contributed by atoms with van der Waals surface area (Å²) in [6.45, 7) is 4.93. The van der Waals surface area contributed by atoms with Gasteiger partial charge in [0.1, 0.15) is 11.3 Å². The Morgan fingerprint density at radius 1 is 1.50 bits per heavy atom. The molecule has 2 rings (SSSR count). The number of hydrogen-bond acceptors (Lipinski definition) is 4. The first kappa shape index (κ1) is 12.1. The number of carbonyl (C=O) groups is 1. The van der Waals surface area contributed by atoms with Gasteiger partial charge in [-0.3, -0.25) is 4.79 Å². The summed E-state index contributed by atoms with van der Waals surface area (Å²) < 4.78 is 5.05. The van der Waals surface area contributed by atoms with E-state index in [-0.39, 0.29) is 22.7 Å². The van der Waals surface area contributed by atoms with E-state index in [1.807, 2.05) is 0 Å². The van der Waals surface area contributed by atoms with Crippen LogP contribution in [0.5, 0.6) is 5.75 Å². The first-order valence-corrected chi connectivity index (χ1v) is 5.45. The molecule has 0 amide bonds. The quantitative estimate of drug-likeness (QED) is 0.511. The van der Waals surface area contributed by atoms with Gasteiger partial charge in [0.2, 0.25) is 0 Å². The van der Waals surface area contributed by atoms with E-state index in [9.17, 15) is 14.7 Å². The van der Waals surface area contributed by atoms with E-state index in [0.717, 1.165) is 5.56 Å². The Labute approximate surface area is 103 Å². The number of allylic oxidation sites excluding steroid dienone is 1. The van der Waals surface area contributed by atoms with Gasteiger partial charge in [-0.1, -0.05) is 6.08 Å². The molecule has 0 fully saturated rings. The van der Waals surface area contributed by atoms with Crippen molar-refractivity contribution in [2.24, 2.45) is 0 Å². The van der Waals surface area contributed by atoms with E-state index in [1.165, 1.54) is 19.1 Å². The summed E-state index contributed by atoms with van der Waals surface area (Å²) in [5, 5.41) is 10.3. The van der Waals surface area contributed by atoms with Crippen molar-refractivity contribution in [1.29, 1.82) is 0 Å². The van der Waals surface area contributed by atoms with E-state index in [0.29, 0.717) is 11.8 Å². The molecule has 0 bridgehead atoms. The first-order valence-electron chi connectivity index (χ1n) is 5.45. The lowest BCUT2D eigenvalue weighted by molar-refractivity contribution is 0.101. The van der Waals surface area contributed by atoms with E-state index in [2.05, 4.69) is 6.58 Å². The number of Topliss-reactive ketones (excluding diaryl/α,β-unsaturated/α-hetero) is 1. The topological polar surface area (TPSA) is 67.5 Å².